The molecular formula is C13H11N5O3. The summed E-state index contributed by atoms with van der Waals surface area (Å²) in [6.45, 7) is 0.381. The molecule has 0 atom stereocenters. The van der Waals surface area contributed by atoms with Gasteiger partial charge in [-0.3, -0.25) is 0 Å². The fourth-order valence-corrected chi connectivity index (χ4v) is 1.81. The summed E-state index contributed by atoms with van der Waals surface area (Å²) in [5, 5.41) is 22.9. The first-order valence-electron chi connectivity index (χ1n) is 6.10. The number of hydrogen-bond acceptors (Lipinski definition) is 6. The summed E-state index contributed by atoms with van der Waals surface area (Å²) in [5.74, 6) is -0.467. The number of anilines is 1. The van der Waals surface area contributed by atoms with Gasteiger partial charge in [0.05, 0.1) is 17.8 Å². The normalized spacial score (nSPS) is 10.5. The van der Waals surface area contributed by atoms with Gasteiger partial charge in [0.15, 0.2) is 0 Å². The molecule has 3 rings (SSSR count). The van der Waals surface area contributed by atoms with E-state index in [0.717, 1.165) is 11.4 Å². The lowest BCUT2D eigenvalue weighted by Gasteiger charge is -2.06. The molecular weight excluding hydrogens is 274 g/mol. The van der Waals surface area contributed by atoms with Gasteiger partial charge in [-0.05, 0) is 34.7 Å². The Balaban J connectivity index is 1.70. The molecule has 0 unspecified atom stereocenters. The monoisotopic (exact) mass is 285 g/mol. The molecule has 0 fully saturated rings. The maximum absolute atomic E-state index is 10.8. The van der Waals surface area contributed by atoms with E-state index in [4.69, 9.17) is 9.52 Å². The molecule has 8 nitrogen and oxygen atoms in total. The van der Waals surface area contributed by atoms with Crippen LogP contribution in [-0.2, 0) is 6.54 Å². The number of carboxylic acids is 1. The van der Waals surface area contributed by atoms with Crippen LogP contribution in [0.1, 0.15) is 16.1 Å². The molecule has 21 heavy (non-hydrogen) atoms. The molecule has 1 aromatic carbocycles. The molecule has 0 aliphatic rings. The number of nitrogens with one attached hydrogen (secondary N) is 1. The lowest BCUT2D eigenvalue weighted by atomic mass is 10.2. The Bertz CT molecular complexity index is 751. The van der Waals surface area contributed by atoms with Crippen LogP contribution < -0.4 is 5.32 Å². The molecule has 0 radical (unpaired) electrons. The number of furan rings is 1. The van der Waals surface area contributed by atoms with Gasteiger partial charge in [-0.2, -0.15) is 0 Å². The fourth-order valence-electron chi connectivity index (χ4n) is 1.81. The SMILES string of the molecule is O=C(O)c1coc(CNc2cccc(-n3cnnn3)c2)c1. The highest BCUT2D eigenvalue weighted by Crippen LogP contribution is 2.15. The van der Waals surface area contributed by atoms with Gasteiger partial charge in [-0.15, -0.1) is 5.10 Å². The topological polar surface area (TPSA) is 106 Å². The first-order valence-corrected chi connectivity index (χ1v) is 6.10. The smallest absolute Gasteiger partial charge is 0.338 e. The molecule has 0 aliphatic heterocycles. The van der Waals surface area contributed by atoms with Gasteiger partial charge in [0.1, 0.15) is 18.4 Å². The third kappa shape index (κ3) is 2.89. The largest absolute Gasteiger partial charge is 0.478 e. The molecule has 3 aromatic rings. The lowest BCUT2D eigenvalue weighted by molar-refractivity contribution is 0.0696. The number of tetrazole rings is 1. The number of hydrogen-bond donors (Lipinski definition) is 2. The Morgan fingerprint density at radius 3 is 3.00 bits per heavy atom. The molecule has 0 bridgehead atoms. The van der Waals surface area contributed by atoms with Gasteiger partial charge in [0.25, 0.3) is 0 Å². The number of benzene rings is 1. The molecule has 2 N–H and O–H groups in total. The van der Waals surface area contributed by atoms with Crippen molar-refractivity contribution in [3.8, 4) is 5.69 Å². The Hall–Kier alpha value is -3.16. The van der Waals surface area contributed by atoms with Crippen molar-refractivity contribution >= 4 is 11.7 Å². The van der Waals surface area contributed by atoms with E-state index >= 15 is 0 Å². The summed E-state index contributed by atoms with van der Waals surface area (Å²) in [6.07, 6.45) is 2.72. The Kier molecular flexibility index (Phi) is 3.34. The fraction of sp³-hybridized carbons (Fsp3) is 0.0769. The molecule has 2 aromatic heterocycles. The lowest BCUT2D eigenvalue weighted by Crippen LogP contribution is -2.01. The summed E-state index contributed by atoms with van der Waals surface area (Å²) in [4.78, 5) is 10.8. The van der Waals surface area contributed by atoms with Gasteiger partial charge in [0.2, 0.25) is 0 Å². The Morgan fingerprint density at radius 2 is 2.29 bits per heavy atom. The number of aromatic nitrogens is 4. The van der Waals surface area contributed by atoms with Gasteiger partial charge in [-0.1, -0.05) is 6.07 Å². The van der Waals surface area contributed by atoms with Crippen molar-refractivity contribution < 1.29 is 14.3 Å². The molecule has 8 heteroatoms. The van der Waals surface area contributed by atoms with E-state index in [2.05, 4.69) is 20.8 Å². The standard InChI is InChI=1S/C13H11N5O3/c19-13(20)9-4-12(21-7-9)6-14-10-2-1-3-11(5-10)18-8-15-16-17-18/h1-5,7-8,14H,6H2,(H,19,20). The zero-order valence-corrected chi connectivity index (χ0v) is 10.8. The molecule has 0 saturated carbocycles. The van der Waals surface area contributed by atoms with Crippen LogP contribution in [0.2, 0.25) is 0 Å². The number of carboxylic acid groups (broad SMARTS) is 1. The van der Waals surface area contributed by atoms with Crippen molar-refractivity contribution in [1.29, 1.82) is 0 Å². The van der Waals surface area contributed by atoms with E-state index in [0.29, 0.717) is 12.3 Å². The number of nitrogens with zero attached hydrogens (tertiary/aromatic N) is 4. The van der Waals surface area contributed by atoms with Crippen LogP contribution in [0, 0.1) is 0 Å². The zero-order chi connectivity index (χ0) is 14.7. The van der Waals surface area contributed by atoms with Crippen molar-refractivity contribution in [2.45, 2.75) is 6.54 Å². The second kappa shape index (κ2) is 5.45. The van der Waals surface area contributed by atoms with Crippen LogP contribution in [0.25, 0.3) is 5.69 Å². The minimum Gasteiger partial charge on any atom is -0.478 e. The highest BCUT2D eigenvalue weighted by Gasteiger charge is 2.08. The quantitative estimate of drug-likeness (QED) is 0.732. The van der Waals surface area contributed by atoms with E-state index < -0.39 is 5.97 Å². The third-order valence-electron chi connectivity index (χ3n) is 2.83. The van der Waals surface area contributed by atoms with Crippen molar-refractivity contribution in [1.82, 2.24) is 20.2 Å². The number of rotatable bonds is 5. The van der Waals surface area contributed by atoms with Gasteiger partial charge >= 0.3 is 5.97 Å². The first-order chi connectivity index (χ1) is 10.2. The van der Waals surface area contributed by atoms with Crippen molar-refractivity contribution in [2.75, 3.05) is 5.32 Å². The Labute approximate surface area is 119 Å². The number of carbonyl (C=O) groups is 1. The highest BCUT2D eigenvalue weighted by atomic mass is 16.4. The first kappa shape index (κ1) is 12.9. The summed E-state index contributed by atoms with van der Waals surface area (Å²) < 4.78 is 6.71. The summed E-state index contributed by atoms with van der Waals surface area (Å²) in [7, 11) is 0. The number of aromatic carboxylic acids is 1. The van der Waals surface area contributed by atoms with Crippen molar-refractivity contribution in [3.63, 3.8) is 0 Å². The van der Waals surface area contributed by atoms with E-state index in [1.807, 2.05) is 24.3 Å². The molecule has 0 amide bonds. The summed E-state index contributed by atoms with van der Waals surface area (Å²) in [6, 6.07) is 8.98. The average molecular weight is 285 g/mol. The van der Waals surface area contributed by atoms with Gasteiger partial charge < -0.3 is 14.8 Å². The van der Waals surface area contributed by atoms with Crippen LogP contribution in [0.4, 0.5) is 5.69 Å². The molecule has 0 saturated heterocycles. The average Bonchev–Trinajstić information content (AvgIpc) is 3.17. The van der Waals surface area contributed by atoms with Gasteiger partial charge in [-0.25, -0.2) is 9.48 Å². The maximum atomic E-state index is 10.8. The predicted octanol–water partition coefficient (Wildman–Crippen LogP) is 1.57. The molecule has 2 heterocycles. The maximum Gasteiger partial charge on any atom is 0.338 e. The predicted molar refractivity (Wildman–Crippen MR) is 72.1 cm³/mol. The third-order valence-corrected chi connectivity index (χ3v) is 2.83. The van der Waals surface area contributed by atoms with Crippen LogP contribution in [0.3, 0.4) is 0 Å². The zero-order valence-electron chi connectivity index (χ0n) is 10.8. The second-order valence-electron chi connectivity index (χ2n) is 4.27. The summed E-state index contributed by atoms with van der Waals surface area (Å²) >= 11 is 0. The van der Waals surface area contributed by atoms with Crippen LogP contribution in [0.5, 0.6) is 0 Å². The highest BCUT2D eigenvalue weighted by molar-refractivity contribution is 5.87. The van der Waals surface area contributed by atoms with Crippen molar-refractivity contribution in [3.05, 3.63) is 54.2 Å². The van der Waals surface area contributed by atoms with E-state index in [9.17, 15) is 4.79 Å². The van der Waals surface area contributed by atoms with Crippen LogP contribution in [0.15, 0.2) is 47.3 Å². The van der Waals surface area contributed by atoms with Crippen molar-refractivity contribution in [2.24, 2.45) is 0 Å². The molecule has 0 spiro atoms. The van der Waals surface area contributed by atoms with Crippen LogP contribution in [-0.4, -0.2) is 31.3 Å². The minimum atomic E-state index is -1.01. The van der Waals surface area contributed by atoms with E-state index in [-0.39, 0.29) is 5.56 Å². The summed E-state index contributed by atoms with van der Waals surface area (Å²) in [5.41, 5.74) is 1.79. The van der Waals surface area contributed by atoms with Crippen LogP contribution >= 0.6 is 0 Å². The van der Waals surface area contributed by atoms with E-state index in [1.165, 1.54) is 18.7 Å². The minimum absolute atomic E-state index is 0.134. The molecule has 106 valence electrons. The molecule has 0 aliphatic carbocycles. The van der Waals surface area contributed by atoms with E-state index in [1.54, 1.807) is 4.68 Å². The van der Waals surface area contributed by atoms with Gasteiger partial charge in [0, 0.05) is 5.69 Å². The second-order valence-corrected chi connectivity index (χ2v) is 4.27. The Morgan fingerprint density at radius 1 is 1.38 bits per heavy atom.